The first-order valence-corrected chi connectivity index (χ1v) is 7.07. The van der Waals surface area contributed by atoms with Gasteiger partial charge in [0.15, 0.2) is 0 Å². The minimum absolute atomic E-state index is 0.402. The van der Waals surface area contributed by atoms with Gasteiger partial charge in [0.25, 0.3) is 0 Å². The Labute approximate surface area is 109 Å². The lowest BCUT2D eigenvalue weighted by molar-refractivity contribution is 0.00668. The van der Waals surface area contributed by atoms with Gasteiger partial charge in [-0.15, -0.1) is 0 Å². The number of ether oxygens (including phenoxy) is 1. The highest BCUT2D eigenvalue weighted by Gasteiger charge is 2.15. The standard InChI is InChI=1S/C16H21NO/c1-2-13-6-5-7-14-9-10-17(16(13)14)12-15-8-3-4-11-18-15/h5-7,9-10,15H,2-4,8,11-12H2,1H3. The largest absolute Gasteiger partial charge is 0.376 e. The second kappa shape index (κ2) is 5.15. The fourth-order valence-corrected chi connectivity index (χ4v) is 2.95. The van der Waals surface area contributed by atoms with Gasteiger partial charge in [-0.05, 0) is 42.7 Å². The van der Waals surface area contributed by atoms with Gasteiger partial charge in [-0.25, -0.2) is 0 Å². The molecule has 1 saturated heterocycles. The summed E-state index contributed by atoms with van der Waals surface area (Å²) in [5.41, 5.74) is 2.84. The number of hydrogen-bond acceptors (Lipinski definition) is 1. The molecular weight excluding hydrogens is 222 g/mol. The van der Waals surface area contributed by atoms with Gasteiger partial charge >= 0.3 is 0 Å². The van der Waals surface area contributed by atoms with Crippen LogP contribution in [0.1, 0.15) is 31.7 Å². The molecule has 1 aliphatic rings. The summed E-state index contributed by atoms with van der Waals surface area (Å²) < 4.78 is 8.23. The van der Waals surface area contributed by atoms with E-state index in [4.69, 9.17) is 4.74 Å². The quantitative estimate of drug-likeness (QED) is 0.800. The van der Waals surface area contributed by atoms with Crippen LogP contribution in [0.15, 0.2) is 30.5 Å². The first-order valence-electron chi connectivity index (χ1n) is 7.07. The van der Waals surface area contributed by atoms with E-state index in [1.165, 1.54) is 35.7 Å². The van der Waals surface area contributed by atoms with Gasteiger partial charge in [0.2, 0.25) is 0 Å². The maximum absolute atomic E-state index is 5.85. The molecule has 1 unspecified atom stereocenters. The summed E-state index contributed by atoms with van der Waals surface area (Å²) in [6.07, 6.45) is 7.44. The van der Waals surface area contributed by atoms with Crippen molar-refractivity contribution in [2.75, 3.05) is 6.61 Å². The molecule has 0 N–H and O–H groups in total. The summed E-state index contributed by atoms with van der Waals surface area (Å²) in [6, 6.07) is 8.81. The van der Waals surface area contributed by atoms with Gasteiger partial charge in [0.05, 0.1) is 11.6 Å². The molecule has 0 radical (unpaired) electrons. The summed E-state index contributed by atoms with van der Waals surface area (Å²) in [6.45, 7) is 4.16. The van der Waals surface area contributed by atoms with Crippen LogP contribution >= 0.6 is 0 Å². The van der Waals surface area contributed by atoms with Gasteiger partial charge in [-0.2, -0.15) is 0 Å². The molecule has 2 heteroatoms. The Bertz CT molecular complexity index is 523. The highest BCUT2D eigenvalue weighted by atomic mass is 16.5. The number of aromatic nitrogens is 1. The molecule has 1 fully saturated rings. The van der Waals surface area contributed by atoms with E-state index in [0.717, 1.165) is 19.6 Å². The third kappa shape index (κ3) is 2.17. The first kappa shape index (κ1) is 11.8. The molecule has 0 bridgehead atoms. The molecule has 0 spiro atoms. The van der Waals surface area contributed by atoms with Crippen molar-refractivity contribution < 1.29 is 4.74 Å². The Hall–Kier alpha value is -1.28. The van der Waals surface area contributed by atoms with Crippen LogP contribution in [0.25, 0.3) is 10.9 Å². The van der Waals surface area contributed by atoms with Crippen molar-refractivity contribution in [3.63, 3.8) is 0 Å². The number of fused-ring (bicyclic) bond motifs is 1. The Morgan fingerprint density at radius 2 is 2.22 bits per heavy atom. The Morgan fingerprint density at radius 3 is 3.00 bits per heavy atom. The molecule has 2 heterocycles. The van der Waals surface area contributed by atoms with Crippen LogP contribution in [0.5, 0.6) is 0 Å². The lowest BCUT2D eigenvalue weighted by Crippen LogP contribution is -2.24. The van der Waals surface area contributed by atoms with Crippen LogP contribution in [-0.4, -0.2) is 17.3 Å². The predicted molar refractivity (Wildman–Crippen MR) is 74.9 cm³/mol. The van der Waals surface area contributed by atoms with E-state index in [1.807, 2.05) is 0 Å². The molecule has 0 saturated carbocycles. The van der Waals surface area contributed by atoms with Crippen LogP contribution in [0.2, 0.25) is 0 Å². The van der Waals surface area contributed by atoms with Crippen molar-refractivity contribution in [2.24, 2.45) is 0 Å². The van der Waals surface area contributed by atoms with E-state index in [9.17, 15) is 0 Å². The van der Waals surface area contributed by atoms with Gasteiger partial charge < -0.3 is 9.30 Å². The maximum atomic E-state index is 5.85. The van der Waals surface area contributed by atoms with E-state index in [0.29, 0.717) is 6.10 Å². The number of rotatable bonds is 3. The van der Waals surface area contributed by atoms with Crippen molar-refractivity contribution in [1.82, 2.24) is 4.57 Å². The van der Waals surface area contributed by atoms with Gasteiger partial charge in [-0.1, -0.05) is 25.1 Å². The zero-order valence-electron chi connectivity index (χ0n) is 11.1. The summed E-state index contributed by atoms with van der Waals surface area (Å²) in [5, 5.41) is 1.35. The fourth-order valence-electron chi connectivity index (χ4n) is 2.95. The predicted octanol–water partition coefficient (Wildman–Crippen LogP) is 3.77. The molecule has 0 aliphatic carbocycles. The minimum atomic E-state index is 0.402. The molecule has 1 aromatic carbocycles. The molecule has 1 atom stereocenters. The summed E-state index contributed by atoms with van der Waals surface area (Å²) in [5.74, 6) is 0. The van der Waals surface area contributed by atoms with Gasteiger partial charge in [0.1, 0.15) is 0 Å². The van der Waals surface area contributed by atoms with E-state index in [-0.39, 0.29) is 0 Å². The highest BCUT2D eigenvalue weighted by Crippen LogP contribution is 2.23. The highest BCUT2D eigenvalue weighted by molar-refractivity contribution is 5.83. The third-order valence-electron chi connectivity index (χ3n) is 3.93. The van der Waals surface area contributed by atoms with Crippen LogP contribution in [0, 0.1) is 0 Å². The molecule has 2 aromatic rings. The molecule has 18 heavy (non-hydrogen) atoms. The van der Waals surface area contributed by atoms with Gasteiger partial charge in [0, 0.05) is 19.3 Å². The molecule has 0 amide bonds. The van der Waals surface area contributed by atoms with Crippen molar-refractivity contribution >= 4 is 10.9 Å². The molecule has 1 aromatic heterocycles. The van der Waals surface area contributed by atoms with Crippen molar-refractivity contribution in [3.8, 4) is 0 Å². The Morgan fingerprint density at radius 1 is 1.28 bits per heavy atom. The fraction of sp³-hybridized carbons (Fsp3) is 0.500. The average Bonchev–Trinajstić information content (AvgIpc) is 2.83. The van der Waals surface area contributed by atoms with E-state index in [2.05, 4.69) is 42.0 Å². The summed E-state index contributed by atoms with van der Waals surface area (Å²) in [4.78, 5) is 0. The zero-order chi connectivity index (χ0) is 12.4. The smallest absolute Gasteiger partial charge is 0.0754 e. The number of aryl methyl sites for hydroxylation is 1. The second-order valence-electron chi connectivity index (χ2n) is 5.17. The summed E-state index contributed by atoms with van der Waals surface area (Å²) in [7, 11) is 0. The summed E-state index contributed by atoms with van der Waals surface area (Å²) >= 11 is 0. The number of nitrogens with zero attached hydrogens (tertiary/aromatic N) is 1. The Balaban J connectivity index is 1.91. The second-order valence-corrected chi connectivity index (χ2v) is 5.17. The van der Waals surface area contributed by atoms with Crippen LogP contribution < -0.4 is 0 Å². The van der Waals surface area contributed by atoms with Crippen molar-refractivity contribution in [1.29, 1.82) is 0 Å². The topological polar surface area (TPSA) is 14.2 Å². The zero-order valence-corrected chi connectivity index (χ0v) is 11.1. The number of benzene rings is 1. The first-order chi connectivity index (χ1) is 8.88. The van der Waals surface area contributed by atoms with Crippen molar-refractivity contribution in [3.05, 3.63) is 36.0 Å². The van der Waals surface area contributed by atoms with E-state index < -0.39 is 0 Å². The SMILES string of the molecule is CCc1cccc2ccn(CC3CCCCO3)c12. The monoisotopic (exact) mass is 243 g/mol. The maximum Gasteiger partial charge on any atom is 0.0754 e. The molecule has 2 nitrogen and oxygen atoms in total. The lowest BCUT2D eigenvalue weighted by Gasteiger charge is -2.23. The van der Waals surface area contributed by atoms with E-state index in [1.54, 1.807) is 0 Å². The van der Waals surface area contributed by atoms with Gasteiger partial charge in [-0.3, -0.25) is 0 Å². The number of para-hydroxylation sites is 1. The van der Waals surface area contributed by atoms with Crippen LogP contribution in [0.3, 0.4) is 0 Å². The average molecular weight is 243 g/mol. The van der Waals surface area contributed by atoms with Crippen LogP contribution in [-0.2, 0) is 17.7 Å². The normalized spacial score (nSPS) is 20.4. The number of hydrogen-bond donors (Lipinski definition) is 0. The lowest BCUT2D eigenvalue weighted by atomic mass is 10.1. The molecular formula is C16H21NO. The van der Waals surface area contributed by atoms with E-state index >= 15 is 0 Å². The molecule has 1 aliphatic heterocycles. The molecule has 96 valence electrons. The minimum Gasteiger partial charge on any atom is -0.376 e. The molecule has 3 rings (SSSR count). The van der Waals surface area contributed by atoms with Crippen LogP contribution in [0.4, 0.5) is 0 Å². The van der Waals surface area contributed by atoms with Crippen molar-refractivity contribution in [2.45, 2.75) is 45.3 Å². The third-order valence-corrected chi connectivity index (χ3v) is 3.93. The Kier molecular flexibility index (Phi) is 3.37.